The SMILES string of the molecule is CN(CCc1ccccn1)C(=O)CNC(=O)CCC1CCNCC1.Cl.Cl. The molecular weight excluding hydrogens is 375 g/mol. The van der Waals surface area contributed by atoms with Crippen molar-refractivity contribution in [1.29, 1.82) is 0 Å². The van der Waals surface area contributed by atoms with E-state index in [0.29, 0.717) is 25.3 Å². The average molecular weight is 405 g/mol. The van der Waals surface area contributed by atoms with Crippen molar-refractivity contribution >= 4 is 36.6 Å². The molecule has 0 aromatic carbocycles. The van der Waals surface area contributed by atoms with E-state index in [4.69, 9.17) is 0 Å². The second kappa shape index (κ2) is 13.8. The number of rotatable bonds is 8. The summed E-state index contributed by atoms with van der Waals surface area (Å²) in [5.41, 5.74) is 0.961. The highest BCUT2D eigenvalue weighted by Gasteiger charge is 2.15. The van der Waals surface area contributed by atoms with Crippen LogP contribution >= 0.6 is 24.8 Å². The molecule has 1 aliphatic rings. The molecule has 1 aromatic rings. The molecule has 0 atom stereocenters. The maximum atomic E-state index is 12.1. The minimum absolute atomic E-state index is 0. The summed E-state index contributed by atoms with van der Waals surface area (Å²) >= 11 is 0. The monoisotopic (exact) mass is 404 g/mol. The van der Waals surface area contributed by atoms with Crippen LogP contribution in [-0.2, 0) is 16.0 Å². The summed E-state index contributed by atoms with van der Waals surface area (Å²) in [6.07, 6.45) is 6.17. The Morgan fingerprint density at radius 2 is 2.00 bits per heavy atom. The lowest BCUT2D eigenvalue weighted by atomic mass is 9.93. The van der Waals surface area contributed by atoms with Gasteiger partial charge in [-0.25, -0.2) is 0 Å². The number of nitrogens with zero attached hydrogens (tertiary/aromatic N) is 2. The minimum atomic E-state index is -0.0684. The van der Waals surface area contributed by atoms with E-state index in [1.165, 1.54) is 0 Å². The summed E-state index contributed by atoms with van der Waals surface area (Å²) in [6.45, 7) is 2.77. The van der Waals surface area contributed by atoms with Crippen LogP contribution in [-0.4, -0.2) is 54.9 Å². The van der Waals surface area contributed by atoms with E-state index in [9.17, 15) is 9.59 Å². The summed E-state index contributed by atoms with van der Waals surface area (Å²) in [5.74, 6) is 0.537. The summed E-state index contributed by atoms with van der Waals surface area (Å²) < 4.78 is 0. The molecular formula is C18H30Cl2N4O2. The summed E-state index contributed by atoms with van der Waals surface area (Å²) in [7, 11) is 1.76. The number of likely N-dealkylation sites (N-methyl/N-ethyl adjacent to an activating group) is 1. The first kappa shape index (κ1) is 24.6. The molecule has 0 radical (unpaired) electrons. The van der Waals surface area contributed by atoms with Gasteiger partial charge in [-0.1, -0.05) is 6.07 Å². The van der Waals surface area contributed by atoms with E-state index in [1.807, 2.05) is 18.2 Å². The van der Waals surface area contributed by atoms with Crippen molar-refractivity contribution in [3.05, 3.63) is 30.1 Å². The predicted molar refractivity (Wildman–Crippen MR) is 108 cm³/mol. The molecule has 1 aromatic heterocycles. The molecule has 1 saturated heterocycles. The standard InChI is InChI=1S/C18H28N4O2.2ClH/c1-22(13-9-16-4-2-3-10-20-16)18(24)14-21-17(23)6-5-15-7-11-19-12-8-15;;/h2-4,10,15,19H,5-9,11-14H2,1H3,(H,21,23);2*1H. The van der Waals surface area contributed by atoms with Crippen molar-refractivity contribution in [2.24, 2.45) is 5.92 Å². The van der Waals surface area contributed by atoms with Gasteiger partial charge < -0.3 is 15.5 Å². The van der Waals surface area contributed by atoms with E-state index in [1.54, 1.807) is 18.1 Å². The Morgan fingerprint density at radius 1 is 1.27 bits per heavy atom. The van der Waals surface area contributed by atoms with Crippen molar-refractivity contribution < 1.29 is 9.59 Å². The van der Waals surface area contributed by atoms with Crippen LogP contribution in [0.4, 0.5) is 0 Å². The number of pyridine rings is 1. The second-order valence-electron chi connectivity index (χ2n) is 6.40. The smallest absolute Gasteiger partial charge is 0.241 e. The van der Waals surface area contributed by atoms with Crippen LogP contribution in [0.25, 0.3) is 0 Å². The number of aromatic nitrogens is 1. The van der Waals surface area contributed by atoms with Gasteiger partial charge in [0.25, 0.3) is 0 Å². The molecule has 8 heteroatoms. The van der Waals surface area contributed by atoms with Crippen LogP contribution in [0, 0.1) is 5.92 Å². The fourth-order valence-electron chi connectivity index (χ4n) is 2.86. The Balaban J connectivity index is 0.00000312. The van der Waals surface area contributed by atoms with Crippen molar-refractivity contribution in [2.75, 3.05) is 33.2 Å². The molecule has 1 aliphatic heterocycles. The van der Waals surface area contributed by atoms with E-state index in [-0.39, 0.29) is 43.2 Å². The van der Waals surface area contributed by atoms with Gasteiger partial charge in [-0.2, -0.15) is 0 Å². The van der Waals surface area contributed by atoms with Crippen molar-refractivity contribution in [1.82, 2.24) is 20.5 Å². The van der Waals surface area contributed by atoms with Gasteiger partial charge in [-0.15, -0.1) is 24.8 Å². The lowest BCUT2D eigenvalue weighted by molar-refractivity contribution is -0.131. The first-order chi connectivity index (χ1) is 11.6. The van der Waals surface area contributed by atoms with Gasteiger partial charge in [0.05, 0.1) is 6.54 Å². The molecule has 0 unspecified atom stereocenters. The zero-order valence-corrected chi connectivity index (χ0v) is 16.9. The van der Waals surface area contributed by atoms with E-state index < -0.39 is 0 Å². The molecule has 0 aliphatic carbocycles. The molecule has 2 rings (SSSR count). The van der Waals surface area contributed by atoms with Gasteiger partial charge in [0.2, 0.25) is 11.8 Å². The largest absolute Gasteiger partial charge is 0.347 e. The van der Waals surface area contributed by atoms with Crippen LogP contribution < -0.4 is 10.6 Å². The Hall–Kier alpha value is -1.37. The van der Waals surface area contributed by atoms with E-state index in [2.05, 4.69) is 15.6 Å². The van der Waals surface area contributed by atoms with Gasteiger partial charge in [0, 0.05) is 38.3 Å². The summed E-state index contributed by atoms with van der Waals surface area (Å²) in [4.78, 5) is 29.8. The average Bonchev–Trinajstić information content (AvgIpc) is 2.64. The predicted octanol–water partition coefficient (Wildman–Crippen LogP) is 1.82. The van der Waals surface area contributed by atoms with Crippen LogP contribution in [0.5, 0.6) is 0 Å². The van der Waals surface area contributed by atoms with Crippen molar-refractivity contribution in [3.8, 4) is 0 Å². The lowest BCUT2D eigenvalue weighted by Gasteiger charge is -2.22. The molecule has 2 amide bonds. The molecule has 2 heterocycles. The number of nitrogens with one attached hydrogen (secondary N) is 2. The third-order valence-electron chi connectivity index (χ3n) is 4.53. The quantitative estimate of drug-likeness (QED) is 0.692. The first-order valence-corrected chi connectivity index (χ1v) is 8.76. The number of amides is 2. The Morgan fingerprint density at radius 3 is 2.65 bits per heavy atom. The van der Waals surface area contributed by atoms with E-state index >= 15 is 0 Å². The molecule has 148 valence electrons. The topological polar surface area (TPSA) is 74.3 Å². The van der Waals surface area contributed by atoms with Crippen LogP contribution in [0.3, 0.4) is 0 Å². The number of piperidine rings is 1. The highest BCUT2D eigenvalue weighted by molar-refractivity contribution is 5.85. The number of hydrogen-bond donors (Lipinski definition) is 2. The molecule has 6 nitrogen and oxygen atoms in total. The van der Waals surface area contributed by atoms with Crippen LogP contribution in [0.1, 0.15) is 31.4 Å². The molecule has 0 spiro atoms. The Labute approximate surface area is 168 Å². The van der Waals surface area contributed by atoms with Gasteiger partial charge in [0.1, 0.15) is 0 Å². The lowest BCUT2D eigenvalue weighted by Crippen LogP contribution is -2.39. The number of carbonyl (C=O) groups is 2. The van der Waals surface area contributed by atoms with Gasteiger partial charge in [-0.3, -0.25) is 14.6 Å². The van der Waals surface area contributed by atoms with Crippen molar-refractivity contribution in [2.45, 2.75) is 32.1 Å². The Bertz CT molecular complexity index is 525. The van der Waals surface area contributed by atoms with E-state index in [0.717, 1.165) is 38.0 Å². The van der Waals surface area contributed by atoms with Crippen molar-refractivity contribution in [3.63, 3.8) is 0 Å². The first-order valence-electron chi connectivity index (χ1n) is 8.76. The highest BCUT2D eigenvalue weighted by Crippen LogP contribution is 2.17. The van der Waals surface area contributed by atoms with Gasteiger partial charge >= 0.3 is 0 Å². The second-order valence-corrected chi connectivity index (χ2v) is 6.40. The molecule has 1 fully saturated rings. The molecule has 2 N–H and O–H groups in total. The molecule has 0 bridgehead atoms. The van der Waals surface area contributed by atoms with Gasteiger partial charge in [0.15, 0.2) is 0 Å². The third kappa shape index (κ3) is 9.36. The maximum absolute atomic E-state index is 12.1. The highest BCUT2D eigenvalue weighted by atomic mass is 35.5. The normalized spacial score (nSPS) is 13.9. The zero-order chi connectivity index (χ0) is 17.2. The number of carbonyl (C=O) groups excluding carboxylic acids is 2. The summed E-state index contributed by atoms with van der Waals surface area (Å²) in [5, 5.41) is 6.06. The molecule has 0 saturated carbocycles. The molecule has 26 heavy (non-hydrogen) atoms. The van der Waals surface area contributed by atoms with Gasteiger partial charge in [-0.05, 0) is 50.4 Å². The summed E-state index contributed by atoms with van der Waals surface area (Å²) in [6, 6.07) is 5.76. The number of hydrogen-bond acceptors (Lipinski definition) is 4. The number of halogens is 2. The third-order valence-corrected chi connectivity index (χ3v) is 4.53. The fraction of sp³-hybridized carbons (Fsp3) is 0.611. The van der Waals surface area contributed by atoms with Crippen LogP contribution in [0.2, 0.25) is 0 Å². The maximum Gasteiger partial charge on any atom is 0.241 e. The fourth-order valence-corrected chi connectivity index (χ4v) is 2.86. The minimum Gasteiger partial charge on any atom is -0.347 e. The van der Waals surface area contributed by atoms with Crippen LogP contribution in [0.15, 0.2) is 24.4 Å². The zero-order valence-electron chi connectivity index (χ0n) is 15.3. The Kier molecular flexibility index (Phi) is 13.1.